The molecule has 1 saturated heterocycles. The van der Waals surface area contributed by atoms with Crippen LogP contribution in [0.25, 0.3) is 10.8 Å². The SMILES string of the molecule is C=C[C@@H]1C[C@]1(NC(=O)[C@@H]1C[C@@H](Oc2nccc3ccccc23)CN1C(=O)[C@@H](O)C(C)(C)C)C(=O)NS(=O)(=O)C1CC1. The van der Waals surface area contributed by atoms with Crippen molar-refractivity contribution < 1.29 is 32.6 Å². The normalized spacial score (nSPS) is 26.7. The van der Waals surface area contributed by atoms with E-state index in [1.807, 2.05) is 30.3 Å². The van der Waals surface area contributed by atoms with Gasteiger partial charge in [-0.3, -0.25) is 19.1 Å². The smallest absolute Gasteiger partial charge is 0.259 e. The molecule has 0 bridgehead atoms. The Labute approximate surface area is 239 Å². The second kappa shape index (κ2) is 10.4. The van der Waals surface area contributed by atoms with Gasteiger partial charge < -0.3 is 20.1 Å². The number of pyridine rings is 1. The third-order valence-corrected chi connectivity index (χ3v) is 9.89. The van der Waals surface area contributed by atoms with Gasteiger partial charge >= 0.3 is 0 Å². The summed E-state index contributed by atoms with van der Waals surface area (Å²) in [4.78, 5) is 46.0. The van der Waals surface area contributed by atoms with Crippen molar-refractivity contribution in [1.29, 1.82) is 0 Å². The zero-order valence-electron chi connectivity index (χ0n) is 23.4. The summed E-state index contributed by atoms with van der Waals surface area (Å²) in [5, 5.41) is 14.6. The first-order valence-corrected chi connectivity index (χ1v) is 15.3. The number of sulfonamides is 1. The van der Waals surface area contributed by atoms with Crippen molar-refractivity contribution in [2.45, 2.75) is 75.5 Å². The highest BCUT2D eigenvalue weighted by molar-refractivity contribution is 7.91. The Hall–Kier alpha value is -3.51. The van der Waals surface area contributed by atoms with Gasteiger partial charge in [0.25, 0.3) is 11.8 Å². The highest BCUT2D eigenvalue weighted by Gasteiger charge is 2.62. The molecule has 2 heterocycles. The fourth-order valence-electron chi connectivity index (χ4n) is 5.27. The fourth-order valence-corrected chi connectivity index (χ4v) is 6.63. The lowest BCUT2D eigenvalue weighted by Crippen LogP contribution is -2.57. The lowest BCUT2D eigenvalue weighted by Gasteiger charge is -2.32. The van der Waals surface area contributed by atoms with Gasteiger partial charge in [0.05, 0.1) is 11.8 Å². The molecule has 0 unspecified atom stereocenters. The molecule has 3 amide bonds. The first kappa shape index (κ1) is 29.0. The van der Waals surface area contributed by atoms with Crippen LogP contribution in [0.3, 0.4) is 0 Å². The van der Waals surface area contributed by atoms with E-state index in [0.717, 1.165) is 10.8 Å². The van der Waals surface area contributed by atoms with E-state index in [0.29, 0.717) is 18.7 Å². The molecule has 5 atom stereocenters. The molecule has 3 fully saturated rings. The number of aliphatic hydroxyl groups is 1. The Morgan fingerprint density at radius 1 is 1.22 bits per heavy atom. The van der Waals surface area contributed by atoms with E-state index in [2.05, 4.69) is 21.6 Å². The van der Waals surface area contributed by atoms with Gasteiger partial charge in [-0.1, -0.05) is 45.0 Å². The molecule has 3 aliphatic rings. The van der Waals surface area contributed by atoms with Crippen LogP contribution >= 0.6 is 0 Å². The number of fused-ring (bicyclic) bond motifs is 1. The fraction of sp³-hybridized carbons (Fsp3) is 0.517. The lowest BCUT2D eigenvalue weighted by atomic mass is 9.88. The minimum atomic E-state index is -3.84. The van der Waals surface area contributed by atoms with Crippen molar-refractivity contribution in [3.05, 3.63) is 49.2 Å². The zero-order valence-corrected chi connectivity index (χ0v) is 24.2. The van der Waals surface area contributed by atoms with Crippen molar-refractivity contribution in [3.8, 4) is 5.88 Å². The summed E-state index contributed by atoms with van der Waals surface area (Å²) in [6.07, 6.45) is 2.32. The number of carbonyl (C=O) groups excluding carboxylic acids is 3. The quantitative estimate of drug-likeness (QED) is 0.376. The van der Waals surface area contributed by atoms with Crippen LogP contribution < -0.4 is 14.8 Å². The molecule has 1 aromatic heterocycles. The molecular formula is C29H36N4O7S. The Kier molecular flexibility index (Phi) is 7.35. The van der Waals surface area contributed by atoms with Crippen molar-refractivity contribution in [2.24, 2.45) is 11.3 Å². The Bertz CT molecular complexity index is 1490. The molecule has 1 aliphatic heterocycles. The maximum atomic E-state index is 13.8. The maximum absolute atomic E-state index is 13.8. The van der Waals surface area contributed by atoms with Gasteiger partial charge in [0.15, 0.2) is 0 Å². The average molecular weight is 585 g/mol. The third kappa shape index (κ3) is 5.67. The van der Waals surface area contributed by atoms with Gasteiger partial charge in [-0.2, -0.15) is 0 Å². The van der Waals surface area contributed by atoms with Gasteiger partial charge in [-0.25, -0.2) is 13.4 Å². The Morgan fingerprint density at radius 2 is 1.93 bits per heavy atom. The molecule has 12 heteroatoms. The van der Waals surface area contributed by atoms with E-state index in [1.165, 1.54) is 11.0 Å². The first-order valence-electron chi connectivity index (χ1n) is 13.8. The molecule has 41 heavy (non-hydrogen) atoms. The summed E-state index contributed by atoms with van der Waals surface area (Å²) in [5.74, 6) is -2.22. The number of benzene rings is 1. The minimum absolute atomic E-state index is 0.00903. The molecule has 0 spiro atoms. The molecule has 5 rings (SSSR count). The predicted molar refractivity (Wildman–Crippen MR) is 151 cm³/mol. The number of nitrogens with one attached hydrogen (secondary N) is 2. The van der Waals surface area contributed by atoms with E-state index in [4.69, 9.17) is 4.74 Å². The van der Waals surface area contributed by atoms with Crippen molar-refractivity contribution in [2.75, 3.05) is 6.54 Å². The number of aliphatic hydroxyl groups excluding tert-OH is 1. The molecule has 3 N–H and O–H groups in total. The van der Waals surface area contributed by atoms with Crippen LogP contribution in [-0.2, 0) is 24.4 Å². The van der Waals surface area contributed by atoms with E-state index >= 15 is 0 Å². The van der Waals surface area contributed by atoms with Gasteiger partial charge in [-0.05, 0) is 42.2 Å². The number of ether oxygens (including phenoxy) is 1. The van der Waals surface area contributed by atoms with Crippen molar-refractivity contribution in [1.82, 2.24) is 19.9 Å². The average Bonchev–Trinajstić information content (AvgIpc) is 3.84. The largest absolute Gasteiger partial charge is 0.472 e. The predicted octanol–water partition coefficient (Wildman–Crippen LogP) is 1.66. The second-order valence-electron chi connectivity index (χ2n) is 12.3. The van der Waals surface area contributed by atoms with Gasteiger partial charge in [0.1, 0.15) is 23.8 Å². The number of likely N-dealkylation sites (tertiary alicyclic amines) is 1. The van der Waals surface area contributed by atoms with Crippen LogP contribution in [-0.4, -0.2) is 76.7 Å². The number of aromatic nitrogens is 1. The Morgan fingerprint density at radius 3 is 2.56 bits per heavy atom. The van der Waals surface area contributed by atoms with E-state index in [-0.39, 0.29) is 19.4 Å². The van der Waals surface area contributed by atoms with Gasteiger partial charge in [0.2, 0.25) is 21.8 Å². The number of nitrogens with zero attached hydrogens (tertiary/aromatic N) is 2. The van der Waals surface area contributed by atoms with Gasteiger partial charge in [0, 0.05) is 23.9 Å². The highest BCUT2D eigenvalue weighted by Crippen LogP contribution is 2.45. The molecule has 0 radical (unpaired) electrons. The third-order valence-electron chi connectivity index (χ3n) is 8.07. The monoisotopic (exact) mass is 584 g/mol. The van der Waals surface area contributed by atoms with Crippen LogP contribution in [0.2, 0.25) is 0 Å². The summed E-state index contributed by atoms with van der Waals surface area (Å²) >= 11 is 0. The summed E-state index contributed by atoms with van der Waals surface area (Å²) in [6.45, 7) is 8.88. The summed E-state index contributed by atoms with van der Waals surface area (Å²) in [7, 11) is -3.84. The number of rotatable bonds is 9. The van der Waals surface area contributed by atoms with E-state index < -0.39 is 68.1 Å². The van der Waals surface area contributed by atoms with Crippen LogP contribution in [0.1, 0.15) is 46.5 Å². The van der Waals surface area contributed by atoms with Crippen LogP contribution in [0.5, 0.6) is 5.88 Å². The topological polar surface area (TPSA) is 155 Å². The molecule has 220 valence electrons. The van der Waals surface area contributed by atoms with Crippen molar-refractivity contribution in [3.63, 3.8) is 0 Å². The molecule has 11 nitrogen and oxygen atoms in total. The number of carbonyl (C=O) groups is 3. The number of hydrogen-bond donors (Lipinski definition) is 3. The standard InChI is InChI=1S/C29H36N4O7S/c1-5-18-15-29(18,27(37)32-41(38,39)20-10-11-20)31-24(35)22-14-19(16-33(22)26(36)23(34)28(2,3)4)40-25-21-9-7-6-8-17(21)12-13-30-25/h5-9,12-13,18-20,22-23,34H,1,10-11,14-16H2,2-4H3,(H,31,35)(H,32,37)/t18-,19-,22+,23-,29-/m1/s1. The molecule has 2 aliphatic carbocycles. The second-order valence-corrected chi connectivity index (χ2v) is 14.2. The lowest BCUT2D eigenvalue weighted by molar-refractivity contribution is -0.150. The zero-order chi connectivity index (χ0) is 29.7. The molecule has 2 aromatic rings. The van der Waals surface area contributed by atoms with Crippen LogP contribution in [0, 0.1) is 11.3 Å². The van der Waals surface area contributed by atoms with Gasteiger partial charge in [-0.15, -0.1) is 6.58 Å². The van der Waals surface area contributed by atoms with Crippen LogP contribution in [0.15, 0.2) is 49.2 Å². The summed E-state index contributed by atoms with van der Waals surface area (Å²) in [6, 6.07) is 8.31. The molecule has 1 aromatic carbocycles. The molecular weight excluding hydrogens is 548 g/mol. The number of hydrogen-bond acceptors (Lipinski definition) is 8. The molecule has 2 saturated carbocycles. The Balaban J connectivity index is 1.39. The summed E-state index contributed by atoms with van der Waals surface area (Å²) < 4.78 is 33.3. The number of amides is 3. The highest BCUT2D eigenvalue weighted by atomic mass is 32.2. The van der Waals surface area contributed by atoms with Crippen LogP contribution in [0.4, 0.5) is 0 Å². The van der Waals surface area contributed by atoms with E-state index in [9.17, 15) is 27.9 Å². The van der Waals surface area contributed by atoms with Crippen molar-refractivity contribution >= 4 is 38.5 Å². The first-order chi connectivity index (χ1) is 19.3. The maximum Gasteiger partial charge on any atom is 0.259 e. The van der Waals surface area contributed by atoms with E-state index in [1.54, 1.807) is 27.0 Å². The minimum Gasteiger partial charge on any atom is -0.472 e. The summed E-state index contributed by atoms with van der Waals surface area (Å²) in [5.41, 5.74) is -2.29.